The highest BCUT2D eigenvalue weighted by Crippen LogP contribution is 2.26. The SMILES string of the molecule is CC(=O)NCCc1cn(NO)c2ccc(OCc3ccccc3)cc12.[HH]. The molecule has 0 unspecified atom stereocenters. The molecule has 6 heteroatoms. The lowest BCUT2D eigenvalue weighted by molar-refractivity contribution is -0.118. The summed E-state index contributed by atoms with van der Waals surface area (Å²) in [6, 6.07) is 15.7. The van der Waals surface area contributed by atoms with Gasteiger partial charge in [-0.2, -0.15) is 0 Å². The number of benzene rings is 2. The highest BCUT2D eigenvalue weighted by atomic mass is 16.5. The predicted molar refractivity (Wildman–Crippen MR) is 98.4 cm³/mol. The maximum atomic E-state index is 11.0. The van der Waals surface area contributed by atoms with E-state index in [2.05, 4.69) is 10.9 Å². The number of amides is 1. The van der Waals surface area contributed by atoms with Crippen molar-refractivity contribution in [3.63, 3.8) is 0 Å². The van der Waals surface area contributed by atoms with E-state index in [1.165, 1.54) is 6.92 Å². The van der Waals surface area contributed by atoms with Gasteiger partial charge in [-0.1, -0.05) is 30.3 Å². The maximum Gasteiger partial charge on any atom is 0.216 e. The third kappa shape index (κ3) is 4.10. The topological polar surface area (TPSA) is 75.5 Å². The molecule has 1 amide bonds. The van der Waals surface area contributed by atoms with Crippen LogP contribution in [0.4, 0.5) is 0 Å². The number of nitrogens with zero attached hydrogens (tertiary/aromatic N) is 1. The summed E-state index contributed by atoms with van der Waals surface area (Å²) in [6.45, 7) is 2.52. The zero-order valence-corrected chi connectivity index (χ0v) is 14.0. The summed E-state index contributed by atoms with van der Waals surface area (Å²) in [6.07, 6.45) is 2.47. The van der Waals surface area contributed by atoms with Crippen molar-refractivity contribution in [2.45, 2.75) is 20.0 Å². The molecule has 3 N–H and O–H groups in total. The second-order valence-electron chi connectivity index (χ2n) is 5.81. The van der Waals surface area contributed by atoms with Crippen LogP contribution in [0.5, 0.6) is 5.75 Å². The molecule has 3 rings (SSSR count). The normalized spacial score (nSPS) is 10.6. The van der Waals surface area contributed by atoms with Crippen LogP contribution in [0.25, 0.3) is 10.9 Å². The van der Waals surface area contributed by atoms with Gasteiger partial charge in [0.1, 0.15) is 12.4 Å². The number of rotatable bonds is 7. The fraction of sp³-hybridized carbons (Fsp3) is 0.211. The van der Waals surface area contributed by atoms with E-state index in [4.69, 9.17) is 4.74 Å². The molecule has 0 saturated carbocycles. The average molecular weight is 341 g/mol. The number of aromatic nitrogens is 1. The van der Waals surface area contributed by atoms with Gasteiger partial charge in [0.05, 0.1) is 5.52 Å². The first-order valence-electron chi connectivity index (χ1n) is 8.12. The van der Waals surface area contributed by atoms with Gasteiger partial charge in [0.15, 0.2) is 0 Å². The van der Waals surface area contributed by atoms with E-state index in [0.717, 1.165) is 27.8 Å². The van der Waals surface area contributed by atoms with E-state index >= 15 is 0 Å². The molecule has 0 spiro atoms. The van der Waals surface area contributed by atoms with Crippen LogP contribution >= 0.6 is 0 Å². The van der Waals surface area contributed by atoms with Crippen LogP contribution < -0.4 is 15.6 Å². The quantitative estimate of drug-likeness (QED) is 0.577. The summed E-state index contributed by atoms with van der Waals surface area (Å²) in [5.74, 6) is 0.698. The smallest absolute Gasteiger partial charge is 0.216 e. The minimum Gasteiger partial charge on any atom is -0.489 e. The third-order valence-corrected chi connectivity index (χ3v) is 3.98. The molecule has 0 saturated heterocycles. The first-order chi connectivity index (χ1) is 12.2. The van der Waals surface area contributed by atoms with E-state index in [1.807, 2.05) is 54.7 Å². The van der Waals surface area contributed by atoms with Gasteiger partial charge in [-0.05, 0) is 35.7 Å². The molecule has 3 aromatic rings. The minimum absolute atomic E-state index is 0. The third-order valence-electron chi connectivity index (χ3n) is 3.98. The number of ether oxygens (including phenoxy) is 1. The molecular formula is C19H23N3O3. The van der Waals surface area contributed by atoms with Crippen LogP contribution in [0.15, 0.2) is 54.7 Å². The first-order valence-corrected chi connectivity index (χ1v) is 8.12. The number of carbonyl (C=O) groups excluding carboxylic acids is 1. The summed E-state index contributed by atoms with van der Waals surface area (Å²) >= 11 is 0. The zero-order chi connectivity index (χ0) is 17.6. The van der Waals surface area contributed by atoms with E-state index < -0.39 is 0 Å². The summed E-state index contributed by atoms with van der Waals surface area (Å²) in [4.78, 5) is 11.0. The summed E-state index contributed by atoms with van der Waals surface area (Å²) in [5.41, 5.74) is 5.11. The molecule has 1 heterocycles. The van der Waals surface area contributed by atoms with Crippen LogP contribution in [-0.2, 0) is 17.8 Å². The largest absolute Gasteiger partial charge is 0.489 e. The first kappa shape index (κ1) is 16.9. The van der Waals surface area contributed by atoms with Crippen molar-refractivity contribution >= 4 is 16.8 Å². The number of carbonyl (C=O) groups is 1. The lowest BCUT2D eigenvalue weighted by Crippen LogP contribution is -2.22. The Hall–Kier alpha value is -2.99. The van der Waals surface area contributed by atoms with Gasteiger partial charge in [0.2, 0.25) is 5.91 Å². The Morgan fingerprint density at radius 1 is 1.24 bits per heavy atom. The molecule has 1 aromatic heterocycles. The second-order valence-corrected chi connectivity index (χ2v) is 5.81. The molecule has 2 aromatic carbocycles. The van der Waals surface area contributed by atoms with Crippen LogP contribution in [0, 0.1) is 0 Å². The number of nitrogens with one attached hydrogen (secondary N) is 2. The summed E-state index contributed by atoms with van der Waals surface area (Å²) in [7, 11) is 0. The Bertz CT molecular complexity index is 865. The van der Waals surface area contributed by atoms with Gasteiger partial charge in [-0.25, -0.2) is 10.3 Å². The lowest BCUT2D eigenvalue weighted by atomic mass is 10.1. The van der Waals surface area contributed by atoms with Gasteiger partial charge in [0, 0.05) is 26.5 Å². The second kappa shape index (κ2) is 7.72. The molecule has 0 atom stereocenters. The van der Waals surface area contributed by atoms with E-state index in [1.54, 1.807) is 4.68 Å². The Morgan fingerprint density at radius 3 is 2.76 bits per heavy atom. The predicted octanol–water partition coefficient (Wildman–Crippen LogP) is 3.08. The van der Waals surface area contributed by atoms with Gasteiger partial charge >= 0.3 is 0 Å². The Kier molecular flexibility index (Phi) is 5.20. The molecule has 0 aliphatic rings. The molecule has 0 aliphatic carbocycles. The van der Waals surface area contributed by atoms with Crippen LogP contribution in [0.2, 0.25) is 0 Å². The van der Waals surface area contributed by atoms with Gasteiger partial charge in [-0.15, -0.1) is 0 Å². The van der Waals surface area contributed by atoms with Crippen molar-refractivity contribution in [2.24, 2.45) is 0 Å². The monoisotopic (exact) mass is 341 g/mol. The molecule has 132 valence electrons. The van der Waals surface area contributed by atoms with Crippen molar-refractivity contribution < 1.29 is 16.2 Å². The Morgan fingerprint density at radius 2 is 2.04 bits per heavy atom. The summed E-state index contributed by atoms with van der Waals surface area (Å²) in [5, 5.41) is 13.1. The van der Waals surface area contributed by atoms with Crippen molar-refractivity contribution in [1.82, 2.24) is 9.99 Å². The standard InChI is InChI=1S/C19H21N3O3.H2/c1-14(23)20-10-9-16-12-22(21-24)19-8-7-17(11-18(16)19)25-13-15-5-3-2-4-6-15;/h2-8,11-12,21,24H,9-10,13H2,1H3,(H,20,23);1H. The summed E-state index contributed by atoms with van der Waals surface area (Å²) < 4.78 is 7.42. The molecule has 0 aliphatic heterocycles. The molecular weight excluding hydrogens is 318 g/mol. The number of hydrogen-bond acceptors (Lipinski definition) is 4. The van der Waals surface area contributed by atoms with E-state index in [-0.39, 0.29) is 7.33 Å². The van der Waals surface area contributed by atoms with Crippen LogP contribution in [0.3, 0.4) is 0 Å². The maximum absolute atomic E-state index is 11.0. The van der Waals surface area contributed by atoms with Crippen molar-refractivity contribution in [3.05, 3.63) is 65.9 Å². The Labute approximate surface area is 147 Å². The Balaban J connectivity index is 0.00000243. The number of hydrogen-bond donors (Lipinski definition) is 3. The fourth-order valence-corrected chi connectivity index (χ4v) is 2.76. The average Bonchev–Trinajstić information content (AvgIpc) is 2.98. The molecule has 6 nitrogen and oxygen atoms in total. The molecule has 0 fully saturated rings. The van der Waals surface area contributed by atoms with Crippen LogP contribution in [0.1, 0.15) is 19.5 Å². The lowest BCUT2D eigenvalue weighted by Gasteiger charge is -2.08. The molecule has 0 bridgehead atoms. The minimum atomic E-state index is -0.0593. The molecule has 25 heavy (non-hydrogen) atoms. The van der Waals surface area contributed by atoms with Crippen LogP contribution in [-0.4, -0.2) is 22.3 Å². The van der Waals surface area contributed by atoms with Gasteiger partial charge in [0.25, 0.3) is 0 Å². The van der Waals surface area contributed by atoms with E-state index in [0.29, 0.717) is 19.6 Å². The molecule has 0 radical (unpaired) electrons. The fourth-order valence-electron chi connectivity index (χ4n) is 2.76. The highest BCUT2D eigenvalue weighted by Gasteiger charge is 2.10. The van der Waals surface area contributed by atoms with E-state index in [9.17, 15) is 10.0 Å². The van der Waals surface area contributed by atoms with Crippen molar-refractivity contribution in [2.75, 3.05) is 12.1 Å². The highest BCUT2D eigenvalue weighted by molar-refractivity contribution is 5.85. The van der Waals surface area contributed by atoms with Gasteiger partial charge in [-0.3, -0.25) is 10.0 Å². The van der Waals surface area contributed by atoms with Crippen molar-refractivity contribution in [1.29, 1.82) is 0 Å². The van der Waals surface area contributed by atoms with Gasteiger partial charge < -0.3 is 10.1 Å². The van der Waals surface area contributed by atoms with Crippen molar-refractivity contribution in [3.8, 4) is 5.75 Å². The zero-order valence-electron chi connectivity index (χ0n) is 14.0. The number of fused-ring (bicyclic) bond motifs is 1.